The van der Waals surface area contributed by atoms with Crippen molar-refractivity contribution in [2.75, 3.05) is 0 Å². The van der Waals surface area contributed by atoms with Crippen LogP contribution >= 0.6 is 0 Å². The normalized spacial score (nSPS) is 13.4. The van der Waals surface area contributed by atoms with Gasteiger partial charge in [0, 0.05) is 5.41 Å². The second-order valence-corrected chi connectivity index (χ2v) is 5.38. The first-order valence-electron chi connectivity index (χ1n) is 7.94. The van der Waals surface area contributed by atoms with Crippen LogP contribution in [0.3, 0.4) is 0 Å². The fraction of sp³-hybridized carbons (Fsp3) is 0.429. The summed E-state index contributed by atoms with van der Waals surface area (Å²) >= 11 is 0. The molecule has 1 aliphatic rings. The summed E-state index contributed by atoms with van der Waals surface area (Å²) in [5, 5.41) is 0. The molecule has 3 rings (SSSR count). The Morgan fingerprint density at radius 2 is 1.38 bits per heavy atom. The molecule has 114 valence electrons. The third-order valence-electron chi connectivity index (χ3n) is 4.63. The lowest BCUT2D eigenvalue weighted by Crippen LogP contribution is -2.23. The minimum atomic E-state index is 0. The lowest BCUT2D eigenvalue weighted by molar-refractivity contribution is 0.490. The molecule has 0 amide bonds. The predicted octanol–water partition coefficient (Wildman–Crippen LogP) is 6.74. The molecule has 0 saturated carbocycles. The van der Waals surface area contributed by atoms with Crippen molar-refractivity contribution in [3.63, 3.8) is 0 Å². The standard InChI is InChI=1S/C18H20.C2H6.CH4/c1-4-18(5-2)16-9-7-6-8-14(16)15-11-10-13(3)12-17(15)18;1-2;/h6-12H,4-5H2,1-3H3;1-2H3;1H4. The van der Waals surface area contributed by atoms with Crippen LogP contribution in [0.1, 0.15) is 64.7 Å². The summed E-state index contributed by atoms with van der Waals surface area (Å²) in [6, 6.07) is 15.9. The van der Waals surface area contributed by atoms with Crippen molar-refractivity contribution < 1.29 is 0 Å². The number of rotatable bonds is 2. The van der Waals surface area contributed by atoms with Crippen molar-refractivity contribution in [1.29, 1.82) is 0 Å². The summed E-state index contributed by atoms with van der Waals surface area (Å²) in [5.74, 6) is 0. The van der Waals surface area contributed by atoms with Crippen molar-refractivity contribution in [3.8, 4) is 11.1 Å². The van der Waals surface area contributed by atoms with Crippen molar-refractivity contribution >= 4 is 0 Å². The van der Waals surface area contributed by atoms with Crippen molar-refractivity contribution in [3.05, 3.63) is 59.2 Å². The van der Waals surface area contributed by atoms with Crippen LogP contribution in [-0.2, 0) is 5.41 Å². The zero-order valence-electron chi connectivity index (χ0n) is 13.5. The molecule has 0 atom stereocenters. The second kappa shape index (κ2) is 6.93. The van der Waals surface area contributed by atoms with Crippen LogP contribution < -0.4 is 0 Å². The fourth-order valence-corrected chi connectivity index (χ4v) is 3.58. The summed E-state index contributed by atoms with van der Waals surface area (Å²) in [4.78, 5) is 0. The summed E-state index contributed by atoms with van der Waals surface area (Å²) in [5.41, 5.74) is 7.55. The first kappa shape index (κ1) is 17.5. The Labute approximate surface area is 131 Å². The van der Waals surface area contributed by atoms with E-state index in [0.29, 0.717) is 0 Å². The van der Waals surface area contributed by atoms with Gasteiger partial charge in [0.25, 0.3) is 0 Å². The molecule has 0 aromatic heterocycles. The van der Waals surface area contributed by atoms with Gasteiger partial charge in [0.2, 0.25) is 0 Å². The first-order valence-corrected chi connectivity index (χ1v) is 7.94. The van der Waals surface area contributed by atoms with Crippen LogP contribution in [0, 0.1) is 6.92 Å². The average Bonchev–Trinajstić information content (AvgIpc) is 2.79. The van der Waals surface area contributed by atoms with Crippen LogP contribution in [0.4, 0.5) is 0 Å². The van der Waals surface area contributed by atoms with E-state index in [0.717, 1.165) is 0 Å². The van der Waals surface area contributed by atoms with Gasteiger partial charge in [-0.1, -0.05) is 83.1 Å². The summed E-state index contributed by atoms with van der Waals surface area (Å²) < 4.78 is 0. The predicted molar refractivity (Wildman–Crippen MR) is 96.1 cm³/mol. The third kappa shape index (κ3) is 2.52. The van der Waals surface area contributed by atoms with E-state index in [-0.39, 0.29) is 12.8 Å². The van der Waals surface area contributed by atoms with E-state index in [1.807, 2.05) is 13.8 Å². The number of hydrogen-bond acceptors (Lipinski definition) is 0. The Bertz CT molecular complexity index is 589. The lowest BCUT2D eigenvalue weighted by atomic mass is 9.73. The van der Waals surface area contributed by atoms with Gasteiger partial charge < -0.3 is 0 Å². The maximum absolute atomic E-state index is 2.39. The number of hydrogen-bond donors (Lipinski definition) is 0. The summed E-state index contributed by atoms with van der Waals surface area (Å²) in [6.07, 6.45) is 2.36. The van der Waals surface area contributed by atoms with Gasteiger partial charge in [-0.2, -0.15) is 0 Å². The molecule has 0 spiro atoms. The summed E-state index contributed by atoms with van der Waals surface area (Å²) in [6.45, 7) is 10.8. The SMILES string of the molecule is C.CC.CCC1(CC)c2ccccc2-c2ccc(C)cc21. The Balaban J connectivity index is 0.000000706. The maximum atomic E-state index is 2.39. The topological polar surface area (TPSA) is 0 Å². The molecule has 0 bridgehead atoms. The van der Waals surface area contributed by atoms with Gasteiger partial charge in [0.1, 0.15) is 0 Å². The van der Waals surface area contributed by atoms with Crippen molar-refractivity contribution in [1.82, 2.24) is 0 Å². The Hall–Kier alpha value is -1.56. The highest BCUT2D eigenvalue weighted by atomic mass is 14.4. The zero-order chi connectivity index (χ0) is 14.8. The number of benzene rings is 2. The average molecular weight is 282 g/mol. The highest BCUT2D eigenvalue weighted by Crippen LogP contribution is 2.52. The minimum Gasteiger partial charge on any atom is -0.0776 e. The molecule has 2 aromatic carbocycles. The van der Waals surface area contributed by atoms with Gasteiger partial charge in [-0.3, -0.25) is 0 Å². The van der Waals surface area contributed by atoms with Crippen molar-refractivity contribution in [2.45, 2.75) is 60.3 Å². The monoisotopic (exact) mass is 282 g/mol. The van der Waals surface area contributed by atoms with Crippen LogP contribution in [0.25, 0.3) is 11.1 Å². The van der Waals surface area contributed by atoms with E-state index < -0.39 is 0 Å². The molecule has 1 aliphatic carbocycles. The van der Waals surface area contributed by atoms with Crippen LogP contribution in [0.5, 0.6) is 0 Å². The van der Waals surface area contributed by atoms with Gasteiger partial charge in [-0.25, -0.2) is 0 Å². The number of fused-ring (bicyclic) bond motifs is 3. The molecule has 2 aromatic rings. The molecule has 0 aliphatic heterocycles. The molecule has 0 heterocycles. The quantitative estimate of drug-likeness (QED) is 0.572. The highest BCUT2D eigenvalue weighted by molar-refractivity contribution is 5.81. The zero-order valence-corrected chi connectivity index (χ0v) is 13.5. The first-order chi connectivity index (χ1) is 9.73. The Kier molecular flexibility index (Phi) is 5.78. The van der Waals surface area contributed by atoms with Crippen LogP contribution in [0.15, 0.2) is 42.5 Å². The molecule has 0 fully saturated rings. The molecule has 0 unspecified atom stereocenters. The second-order valence-electron chi connectivity index (χ2n) is 5.38. The van der Waals surface area contributed by atoms with Gasteiger partial charge in [-0.15, -0.1) is 0 Å². The molecule has 0 nitrogen and oxygen atoms in total. The fourth-order valence-electron chi connectivity index (χ4n) is 3.58. The molecule has 21 heavy (non-hydrogen) atoms. The van der Waals surface area contributed by atoms with E-state index in [1.54, 1.807) is 0 Å². The van der Waals surface area contributed by atoms with E-state index in [2.05, 4.69) is 63.2 Å². The molecular formula is C21H30. The van der Waals surface area contributed by atoms with Gasteiger partial charge in [0.05, 0.1) is 0 Å². The molecule has 0 saturated heterocycles. The highest BCUT2D eigenvalue weighted by Gasteiger charge is 2.39. The van der Waals surface area contributed by atoms with E-state index in [9.17, 15) is 0 Å². The van der Waals surface area contributed by atoms with Gasteiger partial charge in [0.15, 0.2) is 0 Å². The molecule has 0 heteroatoms. The molecule has 0 N–H and O–H groups in total. The minimum absolute atomic E-state index is 0. The summed E-state index contributed by atoms with van der Waals surface area (Å²) in [7, 11) is 0. The largest absolute Gasteiger partial charge is 0.0776 e. The Morgan fingerprint density at radius 3 is 2.00 bits per heavy atom. The van der Waals surface area contributed by atoms with E-state index in [4.69, 9.17) is 0 Å². The smallest absolute Gasteiger partial charge is 0.0210 e. The van der Waals surface area contributed by atoms with E-state index in [1.165, 1.54) is 40.7 Å². The number of aryl methyl sites for hydroxylation is 1. The maximum Gasteiger partial charge on any atom is 0.0210 e. The third-order valence-corrected chi connectivity index (χ3v) is 4.63. The lowest BCUT2D eigenvalue weighted by Gasteiger charge is -2.29. The molecular weight excluding hydrogens is 252 g/mol. The van der Waals surface area contributed by atoms with E-state index >= 15 is 0 Å². The van der Waals surface area contributed by atoms with Crippen molar-refractivity contribution in [2.24, 2.45) is 0 Å². The van der Waals surface area contributed by atoms with Crippen LogP contribution in [0.2, 0.25) is 0 Å². The van der Waals surface area contributed by atoms with Crippen LogP contribution in [-0.4, -0.2) is 0 Å². The molecule has 0 radical (unpaired) electrons. The van der Waals surface area contributed by atoms with Gasteiger partial charge in [-0.05, 0) is 42.0 Å². The van der Waals surface area contributed by atoms with Gasteiger partial charge >= 0.3 is 0 Å². The Morgan fingerprint density at radius 1 is 0.810 bits per heavy atom.